The molecule has 0 aliphatic carbocycles. The Kier molecular flexibility index (Phi) is 8.07. The van der Waals surface area contributed by atoms with E-state index in [-0.39, 0.29) is 50.6 Å². The number of nitrogens with one attached hydrogen (secondary N) is 1. The van der Waals surface area contributed by atoms with Crippen molar-refractivity contribution in [3.05, 3.63) is 54.0 Å². The van der Waals surface area contributed by atoms with Crippen LogP contribution in [-0.2, 0) is 22.9 Å². The van der Waals surface area contributed by atoms with Gasteiger partial charge in [-0.3, -0.25) is 4.79 Å². The first-order valence-corrected chi connectivity index (χ1v) is 14.2. The summed E-state index contributed by atoms with van der Waals surface area (Å²) >= 11 is 0. The van der Waals surface area contributed by atoms with Gasteiger partial charge in [0.1, 0.15) is 11.6 Å². The largest absolute Gasteiger partial charge is 0.359 e. The molecule has 2 aromatic rings. The van der Waals surface area contributed by atoms with Crippen molar-refractivity contribution in [2.24, 2.45) is 0 Å². The smallest absolute Gasteiger partial charge is 0.239 e. The molecular formula is C21H28FN3O7P2. The van der Waals surface area contributed by atoms with Crippen LogP contribution in [0.4, 0.5) is 15.9 Å². The first-order chi connectivity index (χ1) is 16.3. The monoisotopic (exact) mass is 515 g/mol. The van der Waals surface area contributed by atoms with Crippen LogP contribution in [0.25, 0.3) is 0 Å². The van der Waals surface area contributed by atoms with E-state index in [0.717, 1.165) is 5.82 Å². The zero-order valence-corrected chi connectivity index (χ0v) is 20.5. The van der Waals surface area contributed by atoms with Gasteiger partial charge in [0, 0.05) is 26.2 Å². The summed E-state index contributed by atoms with van der Waals surface area (Å²) in [7, 11) is -4.83. The van der Waals surface area contributed by atoms with Gasteiger partial charge < -0.3 is 38.1 Å². The molecule has 3 N–H and O–H groups in total. The van der Waals surface area contributed by atoms with E-state index < -0.39 is 27.4 Å². The van der Waals surface area contributed by atoms with Crippen molar-refractivity contribution < 1.29 is 37.1 Å². The maximum absolute atomic E-state index is 14.6. The molecule has 2 aliphatic rings. The van der Waals surface area contributed by atoms with Gasteiger partial charge in [-0.2, -0.15) is 0 Å². The summed E-state index contributed by atoms with van der Waals surface area (Å²) in [5.41, 5.74) is -0.442. The third kappa shape index (κ3) is 6.05. The van der Waals surface area contributed by atoms with Gasteiger partial charge in [0.15, 0.2) is 0 Å². The van der Waals surface area contributed by atoms with Crippen LogP contribution in [0.3, 0.4) is 0 Å². The highest BCUT2D eigenvalue weighted by atomic mass is 31.2. The van der Waals surface area contributed by atoms with Crippen LogP contribution in [0.1, 0.15) is 17.6 Å². The van der Waals surface area contributed by atoms with Gasteiger partial charge in [0.2, 0.25) is 21.8 Å². The number of benzene rings is 1. The molecule has 2 fully saturated rings. The highest BCUT2D eigenvalue weighted by Crippen LogP contribution is 2.76. The van der Waals surface area contributed by atoms with Crippen LogP contribution >= 0.6 is 15.9 Å². The molecule has 186 valence electrons. The first-order valence-electron chi connectivity index (χ1n) is 10.8. The van der Waals surface area contributed by atoms with Crippen molar-refractivity contribution in [3.63, 3.8) is 0 Å². The molecule has 34 heavy (non-hydrogen) atoms. The van der Waals surface area contributed by atoms with Gasteiger partial charge in [0.25, 0.3) is 0 Å². The molecule has 4 rings (SSSR count). The number of anilines is 2. The van der Waals surface area contributed by atoms with E-state index in [1.807, 2.05) is 24.1 Å². The fraction of sp³-hybridized carbons (Fsp3) is 0.429. The Morgan fingerprint density at radius 2 is 1.85 bits per heavy atom. The van der Waals surface area contributed by atoms with E-state index in [9.17, 15) is 19.0 Å². The third-order valence-electron chi connectivity index (χ3n) is 5.47. The Morgan fingerprint density at radius 3 is 2.53 bits per heavy atom. The van der Waals surface area contributed by atoms with Gasteiger partial charge in [-0.1, -0.05) is 12.1 Å². The molecule has 10 nitrogen and oxygen atoms in total. The van der Waals surface area contributed by atoms with Crippen LogP contribution in [0.15, 0.2) is 42.6 Å². The average molecular weight is 515 g/mol. The molecule has 2 aliphatic heterocycles. The van der Waals surface area contributed by atoms with Crippen LogP contribution in [-0.4, -0.2) is 66.9 Å². The number of hydrogen-bond acceptors (Lipinski definition) is 9. The Morgan fingerprint density at radius 1 is 1.15 bits per heavy atom. The number of aromatic nitrogens is 1. The number of carbonyl (C=O) groups is 1. The molecule has 1 aromatic heterocycles. The second-order valence-corrected chi connectivity index (χ2v) is 12.3. The lowest BCUT2D eigenvalue weighted by Gasteiger charge is -2.35. The van der Waals surface area contributed by atoms with E-state index in [1.54, 1.807) is 12.3 Å². The molecule has 1 amide bonds. The van der Waals surface area contributed by atoms with Crippen LogP contribution < -0.4 is 10.2 Å². The molecule has 0 bridgehead atoms. The van der Waals surface area contributed by atoms with E-state index in [0.29, 0.717) is 12.1 Å². The number of amides is 1. The highest BCUT2D eigenvalue weighted by Gasteiger charge is 2.48. The number of halogens is 1. The van der Waals surface area contributed by atoms with Gasteiger partial charge >= 0.3 is 0 Å². The van der Waals surface area contributed by atoms with Gasteiger partial charge in [-0.25, -0.2) is 9.37 Å². The molecule has 0 spiro atoms. The minimum absolute atomic E-state index is 0.0441. The molecule has 13 heteroatoms. The van der Waals surface area contributed by atoms with Crippen molar-refractivity contribution >= 4 is 33.3 Å². The summed E-state index contributed by atoms with van der Waals surface area (Å²) in [5.74, 6) is -0.294. The van der Waals surface area contributed by atoms with E-state index in [4.69, 9.17) is 18.1 Å². The molecule has 1 aromatic carbocycles. The minimum atomic E-state index is -3.42. The Hall–Kier alpha value is -1.81. The number of pyridine rings is 1. The van der Waals surface area contributed by atoms with E-state index in [2.05, 4.69) is 10.3 Å². The zero-order valence-electron chi connectivity index (χ0n) is 18.7. The number of carbonyl (C=O) groups excluding carboxylic acids is 1. The molecule has 2 radical (unpaired) electrons. The van der Waals surface area contributed by atoms with Crippen LogP contribution in [0.2, 0.25) is 0 Å². The Balaban J connectivity index is 1.48. The molecule has 1 unspecified atom stereocenters. The molecule has 0 saturated carbocycles. The Bertz CT molecular complexity index is 992. The van der Waals surface area contributed by atoms with Gasteiger partial charge in [-0.15, -0.1) is 0 Å². The highest BCUT2D eigenvalue weighted by molar-refractivity contribution is 7.65. The Labute approximate surface area is 198 Å². The first kappa shape index (κ1) is 25.3. The molecular weight excluding hydrogens is 487 g/mol. The summed E-state index contributed by atoms with van der Waals surface area (Å²) < 4.78 is 36.4. The van der Waals surface area contributed by atoms with Crippen molar-refractivity contribution in [1.82, 2.24) is 4.98 Å². The van der Waals surface area contributed by atoms with Crippen molar-refractivity contribution in [3.8, 4) is 0 Å². The lowest BCUT2D eigenvalue weighted by atomic mass is 10.1. The quantitative estimate of drug-likeness (QED) is 0.432. The summed E-state index contributed by atoms with van der Waals surface area (Å²) in [6, 6.07) is 9.57. The van der Waals surface area contributed by atoms with E-state index >= 15 is 0 Å². The fourth-order valence-electron chi connectivity index (χ4n) is 3.69. The SMILES string of the molecule is CN(CCC(=O)Nc1cc(C(C[P]2(O)OCCO2)[P]2(O)OCCO2)ccc1F)c1ccccn1. The second-order valence-electron chi connectivity index (χ2n) is 7.88. The lowest BCUT2D eigenvalue weighted by Crippen LogP contribution is -2.24. The van der Waals surface area contributed by atoms with Crippen molar-refractivity contribution in [2.45, 2.75) is 12.1 Å². The van der Waals surface area contributed by atoms with Crippen molar-refractivity contribution in [2.75, 3.05) is 56.4 Å². The molecule has 1 atom stereocenters. The van der Waals surface area contributed by atoms with Crippen LogP contribution in [0, 0.1) is 5.82 Å². The second kappa shape index (κ2) is 10.8. The van der Waals surface area contributed by atoms with Gasteiger partial charge in [-0.05, 0) is 29.8 Å². The summed E-state index contributed by atoms with van der Waals surface area (Å²) in [5, 5.41) is 2.59. The maximum Gasteiger partial charge on any atom is 0.239 e. The van der Waals surface area contributed by atoms with Gasteiger partial charge in [0.05, 0.1) is 43.9 Å². The zero-order chi connectivity index (χ0) is 24.2. The summed E-state index contributed by atoms with van der Waals surface area (Å²) in [6.07, 6.45) is 1.69. The van der Waals surface area contributed by atoms with Crippen LogP contribution in [0.5, 0.6) is 0 Å². The maximum atomic E-state index is 14.6. The average Bonchev–Trinajstić information content (AvgIpc) is 3.47. The number of hydrogen-bond donors (Lipinski definition) is 3. The topological polar surface area (TPSA) is 123 Å². The lowest BCUT2D eigenvalue weighted by molar-refractivity contribution is -0.116. The fourth-order valence-corrected chi connectivity index (χ4v) is 8.43. The van der Waals surface area contributed by atoms with Crippen molar-refractivity contribution in [1.29, 1.82) is 0 Å². The third-order valence-corrected chi connectivity index (χ3v) is 10.1. The predicted octanol–water partition coefficient (Wildman–Crippen LogP) is 3.33. The predicted molar refractivity (Wildman–Crippen MR) is 127 cm³/mol. The number of rotatable bonds is 9. The number of nitrogens with zero attached hydrogens (tertiary/aromatic N) is 2. The minimum Gasteiger partial charge on any atom is -0.359 e. The molecule has 2 saturated heterocycles. The summed E-state index contributed by atoms with van der Waals surface area (Å²) in [6.45, 7) is 1.27. The summed E-state index contributed by atoms with van der Waals surface area (Å²) in [4.78, 5) is 40.3. The van der Waals surface area contributed by atoms with E-state index in [1.165, 1.54) is 18.2 Å². The normalized spacial score (nSPS) is 19.6. The standard InChI is InChI=1S/C21H28FN3O7P2/c1-25(20-4-2-3-8-23-20)9-7-21(26)24-18-14-16(5-6-17(18)22)19(34(28)31-12-13-32-34)15-33(27)29-10-11-30-33/h2-6,8,14,19,27-28H,7,9-13,15H2,1H3,(H,24,26). The molecule has 3 heterocycles.